The van der Waals surface area contributed by atoms with Crippen molar-refractivity contribution >= 4 is 21.6 Å². The molecule has 0 radical (unpaired) electrons. The van der Waals surface area contributed by atoms with E-state index in [2.05, 4.69) is 39.0 Å². The quantitative estimate of drug-likeness (QED) is 0.356. The van der Waals surface area contributed by atoms with Crippen molar-refractivity contribution in [2.24, 2.45) is 0 Å². The molecule has 0 aliphatic carbocycles. The van der Waals surface area contributed by atoms with Gasteiger partial charge in [-0.25, -0.2) is 4.98 Å². The van der Waals surface area contributed by atoms with Gasteiger partial charge in [-0.2, -0.15) is 0 Å². The molecule has 1 aromatic carbocycles. The third-order valence-corrected chi connectivity index (χ3v) is 6.24. The predicted octanol–water partition coefficient (Wildman–Crippen LogP) is 7.88. The highest BCUT2D eigenvalue weighted by Gasteiger charge is 2.17. The van der Waals surface area contributed by atoms with Crippen LogP contribution in [0.25, 0.3) is 10.2 Å². The van der Waals surface area contributed by atoms with E-state index in [-0.39, 0.29) is 0 Å². The number of rotatable bonds is 12. The largest absolute Gasteiger partial charge is 0.241 e. The minimum absolute atomic E-state index is 0.681. The predicted molar refractivity (Wildman–Crippen MR) is 109 cm³/mol. The van der Waals surface area contributed by atoms with Crippen LogP contribution in [0.2, 0.25) is 0 Å². The van der Waals surface area contributed by atoms with Gasteiger partial charge in [-0.1, -0.05) is 84.3 Å². The topological polar surface area (TPSA) is 12.9 Å². The van der Waals surface area contributed by atoms with Gasteiger partial charge in [0.15, 0.2) is 0 Å². The second-order valence-corrected chi connectivity index (χ2v) is 8.13. The zero-order valence-electron chi connectivity index (χ0n) is 15.9. The Morgan fingerprint density at radius 2 is 1.54 bits per heavy atom. The van der Waals surface area contributed by atoms with Crippen LogP contribution in [-0.4, -0.2) is 4.98 Å². The SMILES string of the molecule is CCCCCCC(CCCCCC)c1nc2c(CC)cccc2s1. The Kier molecular flexibility index (Phi) is 8.80. The highest BCUT2D eigenvalue weighted by molar-refractivity contribution is 7.18. The van der Waals surface area contributed by atoms with Gasteiger partial charge in [0.25, 0.3) is 0 Å². The molecule has 1 nitrogen and oxygen atoms in total. The van der Waals surface area contributed by atoms with Crippen LogP contribution in [0.15, 0.2) is 18.2 Å². The standard InChI is InChI=1S/C22H35NS/c1-4-7-9-11-14-19(15-12-10-8-5-2)22-23-21-18(6-3)16-13-17-20(21)24-22/h13,16-17,19H,4-12,14-15H2,1-3H3. The molecule has 0 saturated heterocycles. The lowest BCUT2D eigenvalue weighted by atomic mass is 9.95. The maximum Gasteiger partial charge on any atom is 0.0969 e. The normalized spacial score (nSPS) is 11.7. The van der Waals surface area contributed by atoms with Gasteiger partial charge < -0.3 is 0 Å². The number of unbranched alkanes of at least 4 members (excludes halogenated alkanes) is 6. The number of benzene rings is 1. The molecule has 0 spiro atoms. The van der Waals surface area contributed by atoms with Gasteiger partial charge in [-0.15, -0.1) is 11.3 Å². The highest BCUT2D eigenvalue weighted by atomic mass is 32.1. The van der Waals surface area contributed by atoms with E-state index in [1.54, 1.807) is 0 Å². The first-order chi connectivity index (χ1) is 11.8. The van der Waals surface area contributed by atoms with Crippen LogP contribution in [0.4, 0.5) is 0 Å². The van der Waals surface area contributed by atoms with Crippen molar-refractivity contribution in [3.8, 4) is 0 Å². The van der Waals surface area contributed by atoms with E-state index in [4.69, 9.17) is 4.98 Å². The molecule has 1 heterocycles. The van der Waals surface area contributed by atoms with Gasteiger partial charge in [0, 0.05) is 5.92 Å². The summed E-state index contributed by atoms with van der Waals surface area (Å²) in [4.78, 5) is 5.10. The summed E-state index contributed by atoms with van der Waals surface area (Å²) in [7, 11) is 0. The monoisotopic (exact) mass is 345 g/mol. The first kappa shape index (κ1) is 19.4. The van der Waals surface area contributed by atoms with Crippen LogP contribution < -0.4 is 0 Å². The Labute approximate surface area is 152 Å². The van der Waals surface area contributed by atoms with E-state index in [0.29, 0.717) is 5.92 Å². The smallest absolute Gasteiger partial charge is 0.0969 e. The van der Waals surface area contributed by atoms with E-state index in [9.17, 15) is 0 Å². The zero-order valence-corrected chi connectivity index (χ0v) is 16.8. The molecular weight excluding hydrogens is 310 g/mol. The number of hydrogen-bond donors (Lipinski definition) is 0. The summed E-state index contributed by atoms with van der Waals surface area (Å²) in [6, 6.07) is 6.69. The molecule has 2 heteroatoms. The van der Waals surface area contributed by atoms with Crippen LogP contribution in [-0.2, 0) is 6.42 Å². The molecule has 2 aromatic rings. The Bertz CT molecular complexity index is 575. The molecule has 0 aliphatic heterocycles. The van der Waals surface area contributed by atoms with Gasteiger partial charge in [0.2, 0.25) is 0 Å². The Balaban J connectivity index is 2.09. The van der Waals surface area contributed by atoms with Crippen molar-refractivity contribution in [3.05, 3.63) is 28.8 Å². The Hall–Kier alpha value is -0.890. The van der Waals surface area contributed by atoms with Crippen molar-refractivity contribution in [1.82, 2.24) is 4.98 Å². The second-order valence-electron chi connectivity index (χ2n) is 7.07. The van der Waals surface area contributed by atoms with Gasteiger partial charge >= 0.3 is 0 Å². The maximum atomic E-state index is 5.10. The molecule has 0 amide bonds. The molecule has 0 fully saturated rings. The van der Waals surface area contributed by atoms with Crippen molar-refractivity contribution in [2.45, 2.75) is 97.3 Å². The zero-order chi connectivity index (χ0) is 17.2. The van der Waals surface area contributed by atoms with E-state index in [0.717, 1.165) is 6.42 Å². The fourth-order valence-corrected chi connectivity index (χ4v) is 4.69. The number of thiazole rings is 1. The minimum Gasteiger partial charge on any atom is -0.241 e. The fourth-order valence-electron chi connectivity index (χ4n) is 3.51. The molecule has 0 aliphatic rings. The van der Waals surface area contributed by atoms with E-state index in [1.807, 2.05) is 11.3 Å². The van der Waals surface area contributed by atoms with Crippen LogP contribution in [0.5, 0.6) is 0 Å². The van der Waals surface area contributed by atoms with Crippen LogP contribution in [0.1, 0.15) is 101 Å². The van der Waals surface area contributed by atoms with E-state index >= 15 is 0 Å². The first-order valence-electron chi connectivity index (χ1n) is 10.2. The number of nitrogens with zero attached hydrogens (tertiary/aromatic N) is 1. The minimum atomic E-state index is 0.681. The highest BCUT2D eigenvalue weighted by Crippen LogP contribution is 2.35. The third kappa shape index (κ3) is 5.58. The molecule has 2 rings (SSSR count). The summed E-state index contributed by atoms with van der Waals surface area (Å²) < 4.78 is 1.39. The fraction of sp³-hybridized carbons (Fsp3) is 0.682. The number of fused-ring (bicyclic) bond motifs is 1. The van der Waals surface area contributed by atoms with Crippen molar-refractivity contribution in [1.29, 1.82) is 0 Å². The summed E-state index contributed by atoms with van der Waals surface area (Å²) in [6.07, 6.45) is 14.6. The van der Waals surface area contributed by atoms with Crippen LogP contribution in [0.3, 0.4) is 0 Å². The maximum absolute atomic E-state index is 5.10. The van der Waals surface area contributed by atoms with Gasteiger partial charge in [-0.3, -0.25) is 0 Å². The Morgan fingerprint density at radius 1 is 0.875 bits per heavy atom. The van der Waals surface area contributed by atoms with Gasteiger partial charge in [0.05, 0.1) is 15.2 Å². The Morgan fingerprint density at radius 3 is 2.12 bits per heavy atom. The van der Waals surface area contributed by atoms with E-state index < -0.39 is 0 Å². The summed E-state index contributed by atoms with van der Waals surface area (Å²) in [6.45, 7) is 6.82. The second kappa shape index (κ2) is 10.9. The molecule has 0 unspecified atom stereocenters. The molecule has 24 heavy (non-hydrogen) atoms. The molecule has 134 valence electrons. The number of hydrogen-bond acceptors (Lipinski definition) is 2. The van der Waals surface area contributed by atoms with Crippen LogP contribution in [0, 0.1) is 0 Å². The number of para-hydroxylation sites is 1. The first-order valence-corrected chi connectivity index (χ1v) is 11.0. The van der Waals surface area contributed by atoms with E-state index in [1.165, 1.54) is 85.0 Å². The number of aryl methyl sites for hydroxylation is 1. The van der Waals surface area contributed by atoms with Crippen LogP contribution >= 0.6 is 11.3 Å². The molecule has 0 bridgehead atoms. The van der Waals surface area contributed by atoms with Crippen molar-refractivity contribution in [2.75, 3.05) is 0 Å². The average Bonchev–Trinajstić information content (AvgIpc) is 3.04. The van der Waals surface area contributed by atoms with Crippen molar-refractivity contribution in [3.63, 3.8) is 0 Å². The summed E-state index contributed by atoms with van der Waals surface area (Å²) in [5, 5.41) is 1.40. The summed E-state index contributed by atoms with van der Waals surface area (Å²) in [5.41, 5.74) is 2.68. The molecule has 0 atom stereocenters. The summed E-state index contributed by atoms with van der Waals surface area (Å²) in [5.74, 6) is 0.681. The third-order valence-electron chi connectivity index (χ3n) is 5.06. The lowest BCUT2D eigenvalue weighted by Gasteiger charge is -2.14. The summed E-state index contributed by atoms with van der Waals surface area (Å²) >= 11 is 1.95. The number of aromatic nitrogens is 1. The molecule has 0 saturated carbocycles. The molecule has 0 N–H and O–H groups in total. The van der Waals surface area contributed by atoms with Gasteiger partial charge in [0.1, 0.15) is 0 Å². The lowest BCUT2D eigenvalue weighted by molar-refractivity contribution is 0.495. The van der Waals surface area contributed by atoms with Gasteiger partial charge in [-0.05, 0) is 30.9 Å². The molecule has 1 aromatic heterocycles. The average molecular weight is 346 g/mol. The lowest BCUT2D eigenvalue weighted by Crippen LogP contribution is -1.99. The molecular formula is C22H35NS. The van der Waals surface area contributed by atoms with Crippen molar-refractivity contribution < 1.29 is 0 Å².